The molecule has 0 nitrogen and oxygen atoms in total. The van der Waals surface area contributed by atoms with Crippen LogP contribution >= 0.6 is 15.9 Å². The predicted molar refractivity (Wildman–Crippen MR) is 43.7 cm³/mol. The maximum atomic E-state index is 12.6. The molecule has 0 N–H and O–H groups in total. The standard InChI is InChI=1S/C8H6BrF3/c1-8(11,12)5-2-6(9)4-7(10)3-5/h2-4H,1H3. The van der Waals surface area contributed by atoms with Crippen LogP contribution in [0.2, 0.25) is 0 Å². The molecule has 0 radical (unpaired) electrons. The van der Waals surface area contributed by atoms with Crippen molar-refractivity contribution in [2.45, 2.75) is 12.8 Å². The van der Waals surface area contributed by atoms with E-state index in [1.54, 1.807) is 0 Å². The molecule has 1 aromatic carbocycles. The van der Waals surface area contributed by atoms with E-state index < -0.39 is 11.7 Å². The van der Waals surface area contributed by atoms with Crippen molar-refractivity contribution in [3.05, 3.63) is 34.1 Å². The molecule has 0 bridgehead atoms. The molecule has 0 amide bonds. The summed E-state index contributed by atoms with van der Waals surface area (Å²) in [4.78, 5) is 0. The zero-order valence-electron chi connectivity index (χ0n) is 6.24. The molecule has 1 rings (SSSR count). The molecule has 1 aromatic rings. The summed E-state index contributed by atoms with van der Waals surface area (Å²) in [5, 5.41) is 0. The summed E-state index contributed by atoms with van der Waals surface area (Å²) in [5.74, 6) is -3.66. The average molecular weight is 239 g/mol. The summed E-state index contributed by atoms with van der Waals surface area (Å²) in [7, 11) is 0. The van der Waals surface area contributed by atoms with Crippen molar-refractivity contribution in [3.8, 4) is 0 Å². The number of alkyl halides is 2. The second kappa shape index (κ2) is 3.09. The molecule has 0 fully saturated rings. The van der Waals surface area contributed by atoms with E-state index in [0.29, 0.717) is 4.47 Å². The molecule has 0 heterocycles. The Hall–Kier alpha value is -0.510. The Kier molecular flexibility index (Phi) is 2.46. The highest BCUT2D eigenvalue weighted by molar-refractivity contribution is 9.10. The third kappa shape index (κ3) is 2.24. The summed E-state index contributed by atoms with van der Waals surface area (Å²) in [6.45, 7) is 0.730. The minimum Gasteiger partial charge on any atom is -0.207 e. The van der Waals surface area contributed by atoms with E-state index in [-0.39, 0.29) is 5.56 Å². The summed E-state index contributed by atoms with van der Waals surface area (Å²) < 4.78 is 38.2. The smallest absolute Gasteiger partial charge is 0.207 e. The number of benzene rings is 1. The molecule has 4 heteroatoms. The Morgan fingerprint density at radius 1 is 1.25 bits per heavy atom. The van der Waals surface area contributed by atoms with Gasteiger partial charge in [0.05, 0.1) is 0 Å². The highest BCUT2D eigenvalue weighted by atomic mass is 79.9. The van der Waals surface area contributed by atoms with Crippen LogP contribution in [0.4, 0.5) is 13.2 Å². The fourth-order valence-electron chi connectivity index (χ4n) is 0.807. The van der Waals surface area contributed by atoms with Gasteiger partial charge in [-0.25, -0.2) is 13.2 Å². The first kappa shape index (κ1) is 9.58. The first-order valence-corrected chi connectivity index (χ1v) is 4.03. The van der Waals surface area contributed by atoms with Gasteiger partial charge in [0.2, 0.25) is 0 Å². The largest absolute Gasteiger partial charge is 0.270 e. The van der Waals surface area contributed by atoms with Crippen molar-refractivity contribution < 1.29 is 13.2 Å². The minimum atomic E-state index is -3.00. The van der Waals surface area contributed by atoms with Crippen LogP contribution in [0.25, 0.3) is 0 Å². The van der Waals surface area contributed by atoms with Gasteiger partial charge < -0.3 is 0 Å². The Morgan fingerprint density at radius 3 is 2.25 bits per heavy atom. The van der Waals surface area contributed by atoms with Crippen LogP contribution in [0, 0.1) is 5.82 Å². The number of hydrogen-bond acceptors (Lipinski definition) is 0. The lowest BCUT2D eigenvalue weighted by Crippen LogP contribution is -2.07. The van der Waals surface area contributed by atoms with Crippen LogP contribution < -0.4 is 0 Å². The maximum Gasteiger partial charge on any atom is 0.270 e. The van der Waals surface area contributed by atoms with E-state index in [2.05, 4.69) is 15.9 Å². The SMILES string of the molecule is CC(F)(F)c1cc(F)cc(Br)c1. The molecule has 0 spiro atoms. The summed E-state index contributed by atoms with van der Waals surface area (Å²) in [6, 6.07) is 3.16. The van der Waals surface area contributed by atoms with Gasteiger partial charge in [0, 0.05) is 17.0 Å². The third-order valence-electron chi connectivity index (χ3n) is 1.37. The van der Waals surface area contributed by atoms with Crippen molar-refractivity contribution in [3.63, 3.8) is 0 Å². The molecule has 0 atom stereocenters. The number of rotatable bonds is 1. The summed E-state index contributed by atoms with van der Waals surface area (Å²) in [5.41, 5.74) is -0.325. The number of halogens is 4. The molecule has 0 unspecified atom stereocenters. The maximum absolute atomic E-state index is 12.6. The minimum absolute atomic E-state index is 0.319. The van der Waals surface area contributed by atoms with E-state index in [4.69, 9.17) is 0 Å². The monoisotopic (exact) mass is 238 g/mol. The van der Waals surface area contributed by atoms with E-state index in [1.807, 2.05) is 0 Å². The van der Waals surface area contributed by atoms with Crippen molar-refractivity contribution >= 4 is 15.9 Å². The normalized spacial score (nSPS) is 11.8. The number of hydrogen-bond donors (Lipinski definition) is 0. The molecule has 0 saturated carbocycles. The lowest BCUT2D eigenvalue weighted by atomic mass is 10.1. The molecule has 66 valence electrons. The lowest BCUT2D eigenvalue weighted by molar-refractivity contribution is 0.0171. The van der Waals surface area contributed by atoms with E-state index in [9.17, 15) is 13.2 Å². The summed E-state index contributed by atoms with van der Waals surface area (Å²) in [6.07, 6.45) is 0. The summed E-state index contributed by atoms with van der Waals surface area (Å²) >= 11 is 2.93. The van der Waals surface area contributed by atoms with Crippen molar-refractivity contribution in [2.75, 3.05) is 0 Å². The van der Waals surface area contributed by atoms with Gasteiger partial charge in [0.1, 0.15) is 5.82 Å². The molecule has 0 saturated heterocycles. The first-order chi connectivity index (χ1) is 5.39. The molecule has 0 aliphatic rings. The second-order valence-electron chi connectivity index (χ2n) is 2.55. The topological polar surface area (TPSA) is 0 Å². The van der Waals surface area contributed by atoms with Gasteiger partial charge in [0.25, 0.3) is 5.92 Å². The Morgan fingerprint density at radius 2 is 1.83 bits per heavy atom. The quantitative estimate of drug-likeness (QED) is 0.700. The molecule has 0 aliphatic heterocycles. The molecule has 0 aromatic heterocycles. The first-order valence-electron chi connectivity index (χ1n) is 3.24. The zero-order valence-corrected chi connectivity index (χ0v) is 7.83. The zero-order chi connectivity index (χ0) is 9.35. The Balaban J connectivity index is 3.18. The Bertz CT molecular complexity index is 271. The highest BCUT2D eigenvalue weighted by Crippen LogP contribution is 2.29. The van der Waals surface area contributed by atoms with Gasteiger partial charge >= 0.3 is 0 Å². The second-order valence-corrected chi connectivity index (χ2v) is 3.46. The lowest BCUT2D eigenvalue weighted by Gasteiger charge is -2.10. The molecule has 0 aliphatic carbocycles. The van der Waals surface area contributed by atoms with E-state index >= 15 is 0 Å². The van der Waals surface area contributed by atoms with Gasteiger partial charge in [-0.3, -0.25) is 0 Å². The van der Waals surface area contributed by atoms with Crippen LogP contribution in [0.1, 0.15) is 12.5 Å². The van der Waals surface area contributed by atoms with Crippen molar-refractivity contribution in [2.24, 2.45) is 0 Å². The molecule has 12 heavy (non-hydrogen) atoms. The molecular weight excluding hydrogens is 233 g/mol. The van der Waals surface area contributed by atoms with Gasteiger partial charge in [-0.15, -0.1) is 0 Å². The average Bonchev–Trinajstić information content (AvgIpc) is 1.82. The van der Waals surface area contributed by atoms with Gasteiger partial charge in [-0.05, 0) is 18.2 Å². The van der Waals surface area contributed by atoms with E-state index in [1.165, 1.54) is 6.07 Å². The predicted octanol–water partition coefficient (Wildman–Crippen LogP) is 3.70. The van der Waals surface area contributed by atoms with Crippen LogP contribution in [0.3, 0.4) is 0 Å². The van der Waals surface area contributed by atoms with Crippen LogP contribution in [0.15, 0.2) is 22.7 Å². The van der Waals surface area contributed by atoms with Crippen LogP contribution in [-0.2, 0) is 5.92 Å². The molecular formula is C8H6BrF3. The van der Waals surface area contributed by atoms with Crippen LogP contribution in [-0.4, -0.2) is 0 Å². The fraction of sp³-hybridized carbons (Fsp3) is 0.250. The van der Waals surface area contributed by atoms with Gasteiger partial charge in [-0.1, -0.05) is 15.9 Å². The highest BCUT2D eigenvalue weighted by Gasteiger charge is 2.24. The van der Waals surface area contributed by atoms with Crippen LogP contribution in [0.5, 0.6) is 0 Å². The fourth-order valence-corrected chi connectivity index (χ4v) is 1.27. The van der Waals surface area contributed by atoms with Gasteiger partial charge in [0.15, 0.2) is 0 Å². The third-order valence-corrected chi connectivity index (χ3v) is 1.83. The van der Waals surface area contributed by atoms with E-state index in [0.717, 1.165) is 19.1 Å². The van der Waals surface area contributed by atoms with Crippen molar-refractivity contribution in [1.82, 2.24) is 0 Å². The van der Waals surface area contributed by atoms with Gasteiger partial charge in [-0.2, -0.15) is 0 Å². The van der Waals surface area contributed by atoms with Crippen molar-refractivity contribution in [1.29, 1.82) is 0 Å². The Labute approximate surface area is 76.5 Å².